The van der Waals surface area contributed by atoms with Crippen molar-refractivity contribution in [3.8, 4) is 0 Å². The highest BCUT2D eigenvalue weighted by atomic mass is 15.2. The second-order valence-electron chi connectivity index (χ2n) is 7.01. The van der Waals surface area contributed by atoms with Crippen LogP contribution in [-0.4, -0.2) is 42.2 Å². The standard InChI is InChI=1S/C21H34N6/c1-5-26(19-10-7-6-8-11-19)14-9-12-24-21(22-4)25-16-20-23-13-15-27(20)17-18(2)3/h6-8,10-11,13,15,18H,5,9,12,14,16-17H2,1-4H3,(H2,22,24,25). The highest BCUT2D eigenvalue weighted by Crippen LogP contribution is 2.12. The molecular weight excluding hydrogens is 336 g/mol. The van der Waals surface area contributed by atoms with E-state index in [9.17, 15) is 0 Å². The smallest absolute Gasteiger partial charge is 0.191 e. The van der Waals surface area contributed by atoms with E-state index in [0.29, 0.717) is 12.5 Å². The molecule has 1 aromatic heterocycles. The number of imidazole rings is 1. The van der Waals surface area contributed by atoms with Crippen molar-refractivity contribution in [1.29, 1.82) is 0 Å². The average molecular weight is 371 g/mol. The first-order valence-electron chi connectivity index (χ1n) is 9.88. The van der Waals surface area contributed by atoms with Gasteiger partial charge in [0.25, 0.3) is 0 Å². The second kappa shape index (κ2) is 11.3. The predicted octanol–water partition coefficient (Wildman–Crippen LogP) is 3.12. The van der Waals surface area contributed by atoms with Gasteiger partial charge in [-0.3, -0.25) is 4.99 Å². The van der Waals surface area contributed by atoms with Crippen LogP contribution in [0.2, 0.25) is 0 Å². The lowest BCUT2D eigenvalue weighted by Gasteiger charge is -2.23. The molecule has 6 nitrogen and oxygen atoms in total. The molecule has 1 aromatic carbocycles. The number of guanidine groups is 1. The van der Waals surface area contributed by atoms with Gasteiger partial charge >= 0.3 is 0 Å². The van der Waals surface area contributed by atoms with Crippen LogP contribution in [-0.2, 0) is 13.1 Å². The third-order valence-corrected chi connectivity index (χ3v) is 4.40. The molecule has 6 heteroatoms. The number of para-hydroxylation sites is 1. The van der Waals surface area contributed by atoms with E-state index in [1.807, 2.05) is 12.4 Å². The van der Waals surface area contributed by atoms with Gasteiger partial charge in [0.05, 0.1) is 6.54 Å². The molecule has 0 saturated heterocycles. The minimum atomic E-state index is 0.599. The molecule has 148 valence electrons. The number of aliphatic imine (C=N–C) groups is 1. The Hall–Kier alpha value is -2.50. The van der Waals surface area contributed by atoms with Crippen LogP contribution in [0.3, 0.4) is 0 Å². The van der Waals surface area contributed by atoms with Crippen molar-refractivity contribution in [3.63, 3.8) is 0 Å². The summed E-state index contributed by atoms with van der Waals surface area (Å²) < 4.78 is 2.20. The largest absolute Gasteiger partial charge is 0.372 e. The van der Waals surface area contributed by atoms with Gasteiger partial charge in [-0.1, -0.05) is 32.0 Å². The zero-order chi connectivity index (χ0) is 19.5. The summed E-state index contributed by atoms with van der Waals surface area (Å²) in [7, 11) is 1.80. The van der Waals surface area contributed by atoms with Crippen LogP contribution in [0.15, 0.2) is 47.7 Å². The predicted molar refractivity (Wildman–Crippen MR) is 114 cm³/mol. The molecule has 0 atom stereocenters. The van der Waals surface area contributed by atoms with E-state index in [1.54, 1.807) is 7.05 Å². The van der Waals surface area contributed by atoms with E-state index in [4.69, 9.17) is 0 Å². The van der Waals surface area contributed by atoms with Crippen LogP contribution in [0, 0.1) is 5.92 Å². The molecule has 0 saturated carbocycles. The Balaban J connectivity index is 1.73. The Morgan fingerprint density at radius 2 is 2.00 bits per heavy atom. The van der Waals surface area contributed by atoms with Crippen molar-refractivity contribution in [1.82, 2.24) is 20.2 Å². The second-order valence-corrected chi connectivity index (χ2v) is 7.01. The maximum Gasteiger partial charge on any atom is 0.191 e. The summed E-state index contributed by atoms with van der Waals surface area (Å²) in [5.74, 6) is 2.45. The fourth-order valence-electron chi connectivity index (χ4n) is 3.04. The summed E-state index contributed by atoms with van der Waals surface area (Å²) in [6, 6.07) is 10.6. The monoisotopic (exact) mass is 370 g/mol. The first-order valence-corrected chi connectivity index (χ1v) is 9.88. The van der Waals surface area contributed by atoms with Gasteiger partial charge in [0.1, 0.15) is 5.82 Å². The lowest BCUT2D eigenvalue weighted by molar-refractivity contribution is 0.503. The van der Waals surface area contributed by atoms with Gasteiger partial charge < -0.3 is 20.1 Å². The minimum absolute atomic E-state index is 0.599. The lowest BCUT2D eigenvalue weighted by Crippen LogP contribution is -2.39. The van der Waals surface area contributed by atoms with E-state index in [-0.39, 0.29) is 0 Å². The number of hydrogen-bond acceptors (Lipinski definition) is 3. The highest BCUT2D eigenvalue weighted by Gasteiger charge is 2.06. The summed E-state index contributed by atoms with van der Waals surface area (Å²) >= 11 is 0. The lowest BCUT2D eigenvalue weighted by atomic mass is 10.2. The van der Waals surface area contributed by atoms with Crippen LogP contribution in [0.1, 0.15) is 33.0 Å². The molecule has 2 aromatic rings. The molecule has 2 rings (SSSR count). The molecule has 27 heavy (non-hydrogen) atoms. The number of anilines is 1. The zero-order valence-corrected chi connectivity index (χ0v) is 17.2. The van der Waals surface area contributed by atoms with Gasteiger partial charge in [-0.15, -0.1) is 0 Å². The number of nitrogens with zero attached hydrogens (tertiary/aromatic N) is 4. The van der Waals surface area contributed by atoms with Crippen molar-refractivity contribution < 1.29 is 0 Å². The summed E-state index contributed by atoms with van der Waals surface area (Å²) in [6.45, 7) is 11.2. The topological polar surface area (TPSA) is 57.5 Å². The molecule has 0 fully saturated rings. The number of nitrogens with one attached hydrogen (secondary N) is 2. The molecule has 2 N–H and O–H groups in total. The summed E-state index contributed by atoms with van der Waals surface area (Å²) in [5, 5.41) is 6.76. The van der Waals surface area contributed by atoms with Crippen molar-refractivity contribution >= 4 is 11.6 Å². The van der Waals surface area contributed by atoms with Crippen LogP contribution < -0.4 is 15.5 Å². The van der Waals surface area contributed by atoms with E-state index in [1.165, 1.54) is 5.69 Å². The first kappa shape index (κ1) is 20.8. The van der Waals surface area contributed by atoms with Crippen LogP contribution in [0.4, 0.5) is 5.69 Å². The highest BCUT2D eigenvalue weighted by molar-refractivity contribution is 5.79. The van der Waals surface area contributed by atoms with E-state index in [0.717, 1.165) is 44.4 Å². The number of hydrogen-bond donors (Lipinski definition) is 2. The molecule has 0 radical (unpaired) electrons. The zero-order valence-electron chi connectivity index (χ0n) is 17.2. The normalized spacial score (nSPS) is 11.7. The van der Waals surface area contributed by atoms with Crippen molar-refractivity contribution in [2.45, 2.75) is 40.3 Å². The maximum absolute atomic E-state index is 4.45. The van der Waals surface area contributed by atoms with Gasteiger partial charge in [-0.2, -0.15) is 0 Å². The van der Waals surface area contributed by atoms with Gasteiger partial charge in [-0.25, -0.2) is 4.98 Å². The Morgan fingerprint density at radius 1 is 1.22 bits per heavy atom. The van der Waals surface area contributed by atoms with Crippen LogP contribution in [0.25, 0.3) is 0 Å². The van der Waals surface area contributed by atoms with Gasteiger partial charge in [0.2, 0.25) is 0 Å². The minimum Gasteiger partial charge on any atom is -0.372 e. The van der Waals surface area contributed by atoms with Crippen LogP contribution in [0.5, 0.6) is 0 Å². The molecule has 0 spiro atoms. The fraction of sp³-hybridized carbons (Fsp3) is 0.524. The molecule has 0 aliphatic heterocycles. The first-order chi connectivity index (χ1) is 13.1. The van der Waals surface area contributed by atoms with Crippen LogP contribution >= 0.6 is 0 Å². The van der Waals surface area contributed by atoms with Gasteiger partial charge in [0.15, 0.2) is 5.96 Å². The van der Waals surface area contributed by atoms with E-state index < -0.39 is 0 Å². The van der Waals surface area contributed by atoms with Gasteiger partial charge in [0, 0.05) is 51.3 Å². The molecule has 0 bridgehead atoms. The summed E-state index contributed by atoms with van der Waals surface area (Å²) in [4.78, 5) is 11.2. The van der Waals surface area contributed by atoms with Crippen molar-refractivity contribution in [2.24, 2.45) is 10.9 Å². The van der Waals surface area contributed by atoms with Gasteiger partial charge in [-0.05, 0) is 31.4 Å². The Labute approximate surface area is 163 Å². The Kier molecular flexibility index (Phi) is 8.68. The number of rotatable bonds is 10. The van der Waals surface area contributed by atoms with Crippen molar-refractivity contribution in [2.75, 3.05) is 31.6 Å². The molecule has 0 aliphatic carbocycles. The Morgan fingerprint density at radius 3 is 2.67 bits per heavy atom. The third kappa shape index (κ3) is 6.96. The summed E-state index contributed by atoms with van der Waals surface area (Å²) in [6.07, 6.45) is 4.94. The molecule has 0 unspecified atom stereocenters. The van der Waals surface area contributed by atoms with E-state index >= 15 is 0 Å². The molecule has 0 amide bonds. The Bertz CT molecular complexity index is 677. The summed E-state index contributed by atoms with van der Waals surface area (Å²) in [5.41, 5.74) is 1.28. The van der Waals surface area contributed by atoms with Crippen molar-refractivity contribution in [3.05, 3.63) is 48.5 Å². The fourth-order valence-corrected chi connectivity index (χ4v) is 3.04. The van der Waals surface area contributed by atoms with E-state index in [2.05, 4.69) is 81.2 Å². The number of aromatic nitrogens is 2. The maximum atomic E-state index is 4.45. The SMILES string of the molecule is CCN(CCCNC(=NC)NCc1nccn1CC(C)C)c1ccccc1. The third-order valence-electron chi connectivity index (χ3n) is 4.40. The average Bonchev–Trinajstić information content (AvgIpc) is 3.11. The molecule has 0 aliphatic rings. The molecule has 1 heterocycles. The number of benzene rings is 1. The molecular formula is C21H34N6. The quantitative estimate of drug-likeness (QED) is 0.383.